The van der Waals surface area contributed by atoms with Crippen molar-refractivity contribution < 1.29 is 9.84 Å². The van der Waals surface area contributed by atoms with Gasteiger partial charge in [0, 0.05) is 18.0 Å². The SMILES string of the molecule is CC(O)CCNC1CC2(CCC2)Oc2ccccc21. The van der Waals surface area contributed by atoms with Gasteiger partial charge in [-0.1, -0.05) is 18.2 Å². The van der Waals surface area contributed by atoms with Crippen molar-refractivity contribution in [2.24, 2.45) is 0 Å². The van der Waals surface area contributed by atoms with Gasteiger partial charge in [0.15, 0.2) is 0 Å². The van der Waals surface area contributed by atoms with Crippen LogP contribution in [0.2, 0.25) is 0 Å². The van der Waals surface area contributed by atoms with E-state index in [2.05, 4.69) is 23.5 Å². The molecule has 0 saturated heterocycles. The quantitative estimate of drug-likeness (QED) is 0.875. The molecule has 1 heterocycles. The second-order valence-corrected chi connectivity index (χ2v) is 6.02. The first-order valence-electron chi connectivity index (χ1n) is 7.38. The Labute approximate surface area is 115 Å². The molecule has 1 saturated carbocycles. The number of aliphatic hydroxyl groups is 1. The van der Waals surface area contributed by atoms with Gasteiger partial charge in [0.05, 0.1) is 6.10 Å². The number of aliphatic hydroxyl groups excluding tert-OH is 1. The zero-order valence-electron chi connectivity index (χ0n) is 11.6. The number of para-hydroxylation sites is 1. The lowest BCUT2D eigenvalue weighted by Gasteiger charge is -2.48. The van der Waals surface area contributed by atoms with Gasteiger partial charge in [-0.05, 0) is 45.2 Å². The first-order valence-corrected chi connectivity index (χ1v) is 7.38. The highest BCUT2D eigenvalue weighted by molar-refractivity contribution is 5.39. The van der Waals surface area contributed by atoms with Crippen LogP contribution in [0.25, 0.3) is 0 Å². The molecule has 1 spiro atoms. The van der Waals surface area contributed by atoms with Gasteiger partial charge in [-0.2, -0.15) is 0 Å². The number of nitrogens with one attached hydrogen (secondary N) is 1. The van der Waals surface area contributed by atoms with Crippen LogP contribution in [-0.2, 0) is 0 Å². The lowest BCUT2D eigenvalue weighted by molar-refractivity contribution is -0.0370. The summed E-state index contributed by atoms with van der Waals surface area (Å²) in [6.07, 6.45) is 5.25. The van der Waals surface area contributed by atoms with Crippen molar-refractivity contribution in [1.82, 2.24) is 5.32 Å². The second-order valence-electron chi connectivity index (χ2n) is 6.02. The number of fused-ring (bicyclic) bond motifs is 1. The van der Waals surface area contributed by atoms with E-state index in [0.29, 0.717) is 6.04 Å². The third-order valence-corrected chi connectivity index (χ3v) is 4.41. The molecule has 2 N–H and O–H groups in total. The molecule has 0 aromatic heterocycles. The molecule has 2 unspecified atom stereocenters. The Balaban J connectivity index is 1.74. The Morgan fingerprint density at radius 1 is 1.42 bits per heavy atom. The smallest absolute Gasteiger partial charge is 0.124 e. The largest absolute Gasteiger partial charge is 0.487 e. The lowest BCUT2D eigenvalue weighted by atomic mass is 9.73. The maximum atomic E-state index is 9.37. The Hall–Kier alpha value is -1.06. The van der Waals surface area contributed by atoms with Gasteiger partial charge in [-0.15, -0.1) is 0 Å². The van der Waals surface area contributed by atoms with Crippen LogP contribution in [0, 0.1) is 0 Å². The van der Waals surface area contributed by atoms with Crippen molar-refractivity contribution in [2.45, 2.75) is 56.8 Å². The van der Waals surface area contributed by atoms with E-state index in [1.165, 1.54) is 24.8 Å². The molecule has 104 valence electrons. The molecule has 1 aliphatic carbocycles. The number of rotatable bonds is 4. The molecule has 1 aromatic rings. The Kier molecular flexibility index (Phi) is 3.50. The zero-order valence-corrected chi connectivity index (χ0v) is 11.6. The number of hydrogen-bond donors (Lipinski definition) is 2. The van der Waals surface area contributed by atoms with Gasteiger partial charge in [0.2, 0.25) is 0 Å². The van der Waals surface area contributed by atoms with E-state index in [9.17, 15) is 5.11 Å². The number of hydrogen-bond acceptors (Lipinski definition) is 3. The van der Waals surface area contributed by atoms with Crippen LogP contribution < -0.4 is 10.1 Å². The fraction of sp³-hybridized carbons (Fsp3) is 0.625. The third kappa shape index (κ3) is 2.63. The van der Waals surface area contributed by atoms with Crippen molar-refractivity contribution in [3.63, 3.8) is 0 Å². The monoisotopic (exact) mass is 261 g/mol. The van der Waals surface area contributed by atoms with Crippen molar-refractivity contribution in [3.8, 4) is 5.75 Å². The Morgan fingerprint density at radius 3 is 2.89 bits per heavy atom. The molecule has 19 heavy (non-hydrogen) atoms. The van der Waals surface area contributed by atoms with Gasteiger partial charge in [-0.25, -0.2) is 0 Å². The molecule has 3 heteroatoms. The predicted octanol–water partition coefficient (Wildman–Crippen LogP) is 2.79. The number of ether oxygens (including phenoxy) is 1. The van der Waals surface area contributed by atoms with Crippen LogP contribution in [0.4, 0.5) is 0 Å². The minimum absolute atomic E-state index is 0.0802. The molecule has 1 aliphatic heterocycles. The minimum Gasteiger partial charge on any atom is -0.487 e. The molecular formula is C16H23NO2. The fourth-order valence-corrected chi connectivity index (χ4v) is 3.14. The van der Waals surface area contributed by atoms with Crippen LogP contribution in [-0.4, -0.2) is 23.4 Å². The summed E-state index contributed by atoms with van der Waals surface area (Å²) >= 11 is 0. The highest BCUT2D eigenvalue weighted by Crippen LogP contribution is 2.48. The van der Waals surface area contributed by atoms with E-state index in [-0.39, 0.29) is 11.7 Å². The summed E-state index contributed by atoms with van der Waals surface area (Å²) < 4.78 is 6.22. The van der Waals surface area contributed by atoms with Crippen molar-refractivity contribution in [3.05, 3.63) is 29.8 Å². The minimum atomic E-state index is -0.236. The topological polar surface area (TPSA) is 41.5 Å². The molecule has 2 aliphatic rings. The van der Waals surface area contributed by atoms with E-state index in [1.54, 1.807) is 0 Å². The first kappa shape index (κ1) is 12.9. The van der Waals surface area contributed by atoms with Gasteiger partial charge in [0.25, 0.3) is 0 Å². The van der Waals surface area contributed by atoms with Crippen LogP contribution in [0.15, 0.2) is 24.3 Å². The Bertz CT molecular complexity index is 440. The summed E-state index contributed by atoms with van der Waals surface area (Å²) in [7, 11) is 0. The van der Waals surface area contributed by atoms with E-state index < -0.39 is 0 Å². The maximum absolute atomic E-state index is 9.37. The molecular weight excluding hydrogens is 238 g/mol. The van der Waals surface area contributed by atoms with Crippen LogP contribution in [0.3, 0.4) is 0 Å². The molecule has 1 fully saturated rings. The zero-order chi connectivity index (χ0) is 13.3. The molecule has 3 rings (SSSR count). The molecule has 3 nitrogen and oxygen atoms in total. The van der Waals surface area contributed by atoms with E-state index in [0.717, 1.165) is 25.1 Å². The predicted molar refractivity (Wildman–Crippen MR) is 75.3 cm³/mol. The third-order valence-electron chi connectivity index (χ3n) is 4.41. The molecule has 0 amide bonds. The standard InChI is InChI=1S/C16H23NO2/c1-12(18)7-10-17-14-11-16(8-4-9-16)19-15-6-3-2-5-13(14)15/h2-3,5-6,12,14,17-18H,4,7-11H2,1H3. The summed E-state index contributed by atoms with van der Waals surface area (Å²) in [6, 6.07) is 8.72. The average molecular weight is 261 g/mol. The second kappa shape index (κ2) is 5.14. The van der Waals surface area contributed by atoms with Crippen LogP contribution in [0.1, 0.15) is 50.6 Å². The van der Waals surface area contributed by atoms with Crippen LogP contribution in [0.5, 0.6) is 5.75 Å². The molecule has 2 atom stereocenters. The summed E-state index contributed by atoms with van der Waals surface area (Å²) in [5.74, 6) is 1.04. The van der Waals surface area contributed by atoms with Crippen molar-refractivity contribution in [1.29, 1.82) is 0 Å². The summed E-state index contributed by atoms with van der Waals surface area (Å²) in [6.45, 7) is 2.69. The van der Waals surface area contributed by atoms with Gasteiger partial charge in [0.1, 0.15) is 11.4 Å². The first-order chi connectivity index (χ1) is 9.19. The Morgan fingerprint density at radius 2 is 2.21 bits per heavy atom. The van der Waals surface area contributed by atoms with Crippen molar-refractivity contribution in [2.75, 3.05) is 6.54 Å². The van der Waals surface area contributed by atoms with Gasteiger partial charge in [-0.3, -0.25) is 0 Å². The summed E-state index contributed by atoms with van der Waals surface area (Å²) in [4.78, 5) is 0. The van der Waals surface area contributed by atoms with Crippen LogP contribution >= 0.6 is 0 Å². The van der Waals surface area contributed by atoms with Gasteiger partial charge >= 0.3 is 0 Å². The van der Waals surface area contributed by atoms with E-state index in [4.69, 9.17) is 4.74 Å². The normalized spacial score (nSPS) is 25.3. The van der Waals surface area contributed by atoms with Crippen molar-refractivity contribution >= 4 is 0 Å². The highest BCUT2D eigenvalue weighted by Gasteiger charge is 2.45. The summed E-state index contributed by atoms with van der Waals surface area (Å²) in [5.41, 5.74) is 1.35. The van der Waals surface area contributed by atoms with Gasteiger partial charge < -0.3 is 15.2 Å². The maximum Gasteiger partial charge on any atom is 0.124 e. The fourth-order valence-electron chi connectivity index (χ4n) is 3.14. The number of benzene rings is 1. The van der Waals surface area contributed by atoms with E-state index in [1.807, 2.05) is 13.0 Å². The average Bonchev–Trinajstić information content (AvgIpc) is 2.36. The summed E-state index contributed by atoms with van der Waals surface area (Å²) in [5, 5.41) is 13.0. The molecule has 0 bridgehead atoms. The molecule has 1 aromatic carbocycles. The lowest BCUT2D eigenvalue weighted by Crippen LogP contribution is -2.49. The highest BCUT2D eigenvalue weighted by atomic mass is 16.5. The molecule has 0 radical (unpaired) electrons. The van der Waals surface area contributed by atoms with E-state index >= 15 is 0 Å².